The number of hydrogen-bond acceptors (Lipinski definition) is 1. The molecule has 0 spiro atoms. The topological polar surface area (TPSA) is 29.1 Å². The molecular formula is C9H14INO. The first-order valence-electron chi connectivity index (χ1n) is 3.98. The third kappa shape index (κ3) is 3.02. The molecule has 1 amide bonds. The highest BCUT2D eigenvalue weighted by molar-refractivity contribution is 14.1. The molecule has 0 aliphatic rings. The lowest BCUT2D eigenvalue weighted by molar-refractivity contribution is -0.119. The lowest BCUT2D eigenvalue weighted by atomic mass is 9.94. The summed E-state index contributed by atoms with van der Waals surface area (Å²) in [7, 11) is 0. The van der Waals surface area contributed by atoms with Crippen molar-refractivity contribution in [3.63, 3.8) is 0 Å². The van der Waals surface area contributed by atoms with Gasteiger partial charge in [-0.3, -0.25) is 4.79 Å². The van der Waals surface area contributed by atoms with Crippen LogP contribution in [0.2, 0.25) is 0 Å². The lowest BCUT2D eigenvalue weighted by Gasteiger charge is -2.26. The highest BCUT2D eigenvalue weighted by Gasteiger charge is 2.24. The summed E-state index contributed by atoms with van der Waals surface area (Å²) in [4.78, 5) is 11.1. The van der Waals surface area contributed by atoms with Crippen molar-refractivity contribution in [3.05, 3.63) is 0 Å². The zero-order valence-electron chi connectivity index (χ0n) is 7.48. The number of nitrogens with one attached hydrogen (secondary N) is 1. The van der Waals surface area contributed by atoms with E-state index in [1.165, 1.54) is 0 Å². The Morgan fingerprint density at radius 3 is 2.33 bits per heavy atom. The maximum absolute atomic E-state index is 11.1. The molecule has 2 nitrogen and oxygen atoms in total. The van der Waals surface area contributed by atoms with E-state index in [9.17, 15) is 4.79 Å². The quantitative estimate of drug-likeness (QED) is 0.474. The van der Waals surface area contributed by atoms with E-state index in [0.717, 1.165) is 12.8 Å². The van der Waals surface area contributed by atoms with E-state index < -0.39 is 5.54 Å². The van der Waals surface area contributed by atoms with Gasteiger partial charge in [0.1, 0.15) is 5.54 Å². The molecule has 0 aliphatic carbocycles. The largest absolute Gasteiger partial charge is 0.339 e. The van der Waals surface area contributed by atoms with E-state index in [0.29, 0.717) is 4.43 Å². The molecule has 0 bridgehead atoms. The number of amides is 1. The Bertz CT molecular complexity index is 191. The molecule has 3 heteroatoms. The summed E-state index contributed by atoms with van der Waals surface area (Å²) in [5, 5.41) is 2.85. The fraction of sp³-hybridized carbons (Fsp3) is 0.667. The van der Waals surface area contributed by atoms with Gasteiger partial charge in [0.25, 0.3) is 0 Å². The Hall–Kier alpha value is -0.240. The second-order valence-electron chi connectivity index (χ2n) is 2.62. The molecule has 0 unspecified atom stereocenters. The standard InChI is InChI=1S/C9H14INO/c1-4-9(5-2,6-3)11-8(12)7-10/h1H,5-7H2,2-3H3,(H,11,12). The number of carbonyl (C=O) groups is 1. The van der Waals surface area contributed by atoms with Gasteiger partial charge in [0.2, 0.25) is 5.91 Å². The fourth-order valence-corrected chi connectivity index (χ4v) is 1.16. The first-order chi connectivity index (χ1) is 5.64. The van der Waals surface area contributed by atoms with E-state index >= 15 is 0 Å². The first kappa shape index (κ1) is 11.8. The van der Waals surface area contributed by atoms with Crippen LogP contribution in [0, 0.1) is 12.3 Å². The molecule has 0 aromatic rings. The predicted molar refractivity (Wildman–Crippen MR) is 59.2 cm³/mol. The molecule has 0 aliphatic heterocycles. The summed E-state index contributed by atoms with van der Waals surface area (Å²) >= 11 is 2.02. The van der Waals surface area contributed by atoms with Crippen molar-refractivity contribution in [2.75, 3.05) is 4.43 Å². The molecule has 0 atom stereocenters. The Morgan fingerprint density at radius 2 is 2.08 bits per heavy atom. The zero-order chi connectivity index (χ0) is 9.61. The van der Waals surface area contributed by atoms with Gasteiger partial charge in [-0.15, -0.1) is 6.42 Å². The van der Waals surface area contributed by atoms with E-state index in [1.807, 2.05) is 36.4 Å². The van der Waals surface area contributed by atoms with Gasteiger partial charge in [0, 0.05) is 0 Å². The molecule has 0 fully saturated rings. The summed E-state index contributed by atoms with van der Waals surface area (Å²) in [5.41, 5.74) is -0.428. The van der Waals surface area contributed by atoms with Gasteiger partial charge in [-0.05, 0) is 12.8 Å². The van der Waals surface area contributed by atoms with Crippen molar-refractivity contribution in [1.82, 2.24) is 5.32 Å². The van der Waals surface area contributed by atoms with Gasteiger partial charge in [-0.1, -0.05) is 42.4 Å². The normalized spacial score (nSPS) is 10.5. The minimum absolute atomic E-state index is 0.0113. The van der Waals surface area contributed by atoms with Gasteiger partial charge in [-0.25, -0.2) is 0 Å². The number of halogens is 1. The second-order valence-corrected chi connectivity index (χ2v) is 3.38. The second kappa shape index (κ2) is 5.41. The Kier molecular flexibility index (Phi) is 5.31. The van der Waals surface area contributed by atoms with Crippen LogP contribution in [0.4, 0.5) is 0 Å². The van der Waals surface area contributed by atoms with Crippen LogP contribution in [-0.4, -0.2) is 15.9 Å². The SMILES string of the molecule is C#CC(CC)(CC)NC(=O)CI. The van der Waals surface area contributed by atoms with Gasteiger partial charge >= 0.3 is 0 Å². The Morgan fingerprint density at radius 1 is 1.58 bits per heavy atom. The van der Waals surface area contributed by atoms with Crippen molar-refractivity contribution >= 4 is 28.5 Å². The summed E-state index contributed by atoms with van der Waals surface area (Å²) < 4.78 is 0.460. The minimum atomic E-state index is -0.428. The Balaban J connectivity index is 4.33. The number of rotatable bonds is 4. The lowest BCUT2D eigenvalue weighted by Crippen LogP contribution is -2.46. The van der Waals surface area contributed by atoms with Crippen molar-refractivity contribution in [1.29, 1.82) is 0 Å². The van der Waals surface area contributed by atoms with Crippen molar-refractivity contribution in [2.45, 2.75) is 32.2 Å². The minimum Gasteiger partial charge on any atom is -0.339 e. The molecule has 0 saturated heterocycles. The van der Waals surface area contributed by atoms with E-state index in [4.69, 9.17) is 6.42 Å². The Labute approximate surface area is 87.6 Å². The van der Waals surface area contributed by atoms with Crippen LogP contribution in [0.25, 0.3) is 0 Å². The zero-order valence-corrected chi connectivity index (χ0v) is 9.64. The molecule has 0 aromatic heterocycles. The van der Waals surface area contributed by atoms with Gasteiger partial charge in [0.05, 0.1) is 4.43 Å². The number of hydrogen-bond donors (Lipinski definition) is 1. The molecule has 68 valence electrons. The summed E-state index contributed by atoms with van der Waals surface area (Å²) in [6, 6.07) is 0. The molecule has 0 aromatic carbocycles. The van der Waals surface area contributed by atoms with E-state index in [-0.39, 0.29) is 5.91 Å². The van der Waals surface area contributed by atoms with Crippen LogP contribution in [-0.2, 0) is 4.79 Å². The molecule has 12 heavy (non-hydrogen) atoms. The van der Waals surface area contributed by atoms with Gasteiger partial charge < -0.3 is 5.32 Å². The number of alkyl halides is 1. The monoisotopic (exact) mass is 279 g/mol. The number of terminal acetylenes is 1. The van der Waals surface area contributed by atoms with Gasteiger partial charge in [0.15, 0.2) is 0 Å². The third-order valence-corrected chi connectivity index (χ3v) is 2.68. The highest BCUT2D eigenvalue weighted by atomic mass is 127. The smallest absolute Gasteiger partial charge is 0.231 e. The van der Waals surface area contributed by atoms with Crippen LogP contribution in [0.3, 0.4) is 0 Å². The van der Waals surface area contributed by atoms with Crippen molar-refractivity contribution in [3.8, 4) is 12.3 Å². The molecular weight excluding hydrogens is 265 g/mol. The maximum Gasteiger partial charge on any atom is 0.231 e. The molecule has 0 heterocycles. The molecule has 0 radical (unpaired) electrons. The fourth-order valence-electron chi connectivity index (χ4n) is 0.967. The summed E-state index contributed by atoms with van der Waals surface area (Å²) in [6.07, 6.45) is 6.92. The van der Waals surface area contributed by atoms with Crippen LogP contribution >= 0.6 is 22.6 Å². The third-order valence-electron chi connectivity index (χ3n) is 1.98. The van der Waals surface area contributed by atoms with E-state index in [2.05, 4.69) is 11.2 Å². The van der Waals surface area contributed by atoms with Crippen molar-refractivity contribution < 1.29 is 4.79 Å². The average molecular weight is 279 g/mol. The molecule has 0 saturated carbocycles. The first-order valence-corrected chi connectivity index (χ1v) is 5.51. The maximum atomic E-state index is 11.1. The summed E-state index contributed by atoms with van der Waals surface area (Å²) in [6.45, 7) is 3.97. The van der Waals surface area contributed by atoms with E-state index in [1.54, 1.807) is 0 Å². The number of carbonyl (C=O) groups excluding carboxylic acids is 1. The predicted octanol–water partition coefficient (Wildman–Crippen LogP) is 1.73. The molecule has 1 N–H and O–H groups in total. The van der Waals surface area contributed by atoms with Crippen LogP contribution in [0.5, 0.6) is 0 Å². The summed E-state index contributed by atoms with van der Waals surface area (Å²) in [5.74, 6) is 2.66. The van der Waals surface area contributed by atoms with Crippen molar-refractivity contribution in [2.24, 2.45) is 0 Å². The van der Waals surface area contributed by atoms with Gasteiger partial charge in [-0.2, -0.15) is 0 Å². The van der Waals surface area contributed by atoms with Crippen LogP contribution in [0.15, 0.2) is 0 Å². The molecule has 0 rings (SSSR count). The van der Waals surface area contributed by atoms with Crippen LogP contribution < -0.4 is 5.32 Å². The average Bonchev–Trinajstić information content (AvgIpc) is 2.14. The highest BCUT2D eigenvalue weighted by Crippen LogP contribution is 2.13. The van der Waals surface area contributed by atoms with Crippen LogP contribution in [0.1, 0.15) is 26.7 Å².